The zero-order valence-corrected chi connectivity index (χ0v) is 14.3. The van der Waals surface area contributed by atoms with Crippen LogP contribution in [0.1, 0.15) is 41.2 Å². The molecule has 4 rings (SSSR count). The summed E-state index contributed by atoms with van der Waals surface area (Å²) in [6, 6.07) is -0.106. The van der Waals surface area contributed by atoms with Crippen molar-refractivity contribution in [2.24, 2.45) is 5.73 Å². The van der Waals surface area contributed by atoms with Crippen molar-refractivity contribution < 1.29 is 19.4 Å². The van der Waals surface area contributed by atoms with Crippen LogP contribution < -0.4 is 16.1 Å². The molecule has 0 amide bonds. The number of phenolic OH excluding ortho intramolecular Hbond substituents is 1. The maximum absolute atomic E-state index is 15.1. The zero-order valence-electron chi connectivity index (χ0n) is 14.3. The minimum absolute atomic E-state index is 0.000598. The SMILES string of the molecule is Cc1c(F)c(N2CCC(N)C2)c(O)c2c1c(=O)c(C(=O)O)cn2C1CC1. The summed E-state index contributed by atoms with van der Waals surface area (Å²) in [5, 5.41) is 20.2. The number of nitrogens with zero attached hydrogens (tertiary/aromatic N) is 2. The first-order chi connectivity index (χ1) is 12.3. The molecule has 2 aliphatic rings. The fourth-order valence-corrected chi connectivity index (χ4v) is 3.80. The number of carboxylic acids is 1. The second kappa shape index (κ2) is 5.70. The highest BCUT2D eigenvalue weighted by Crippen LogP contribution is 2.44. The van der Waals surface area contributed by atoms with Crippen LogP contribution in [0.15, 0.2) is 11.0 Å². The average molecular weight is 361 g/mol. The number of halogens is 1. The first-order valence-corrected chi connectivity index (χ1v) is 8.65. The number of nitrogens with two attached hydrogens (primary N) is 1. The molecular weight excluding hydrogens is 341 g/mol. The first kappa shape index (κ1) is 16.8. The Morgan fingerprint density at radius 2 is 2.04 bits per heavy atom. The smallest absolute Gasteiger partial charge is 0.341 e. The average Bonchev–Trinajstić information content (AvgIpc) is 3.34. The van der Waals surface area contributed by atoms with E-state index in [0.29, 0.717) is 19.5 Å². The lowest BCUT2D eigenvalue weighted by Crippen LogP contribution is -2.28. The van der Waals surface area contributed by atoms with Crippen LogP contribution in [0.3, 0.4) is 0 Å². The van der Waals surface area contributed by atoms with Gasteiger partial charge < -0.3 is 25.4 Å². The van der Waals surface area contributed by atoms with E-state index >= 15 is 4.39 Å². The van der Waals surface area contributed by atoms with Gasteiger partial charge in [0.2, 0.25) is 5.43 Å². The highest BCUT2D eigenvalue weighted by molar-refractivity contribution is 5.98. The fourth-order valence-electron chi connectivity index (χ4n) is 3.80. The molecule has 1 saturated carbocycles. The van der Waals surface area contributed by atoms with Crippen molar-refractivity contribution in [1.29, 1.82) is 0 Å². The van der Waals surface area contributed by atoms with Gasteiger partial charge in [-0.1, -0.05) is 0 Å². The number of fused-ring (bicyclic) bond motifs is 1. The van der Waals surface area contributed by atoms with E-state index in [4.69, 9.17) is 5.73 Å². The van der Waals surface area contributed by atoms with Crippen LogP contribution in [0.25, 0.3) is 10.9 Å². The minimum atomic E-state index is -1.36. The summed E-state index contributed by atoms with van der Waals surface area (Å²) in [5.74, 6) is -2.38. The van der Waals surface area contributed by atoms with Crippen molar-refractivity contribution in [2.45, 2.75) is 38.3 Å². The van der Waals surface area contributed by atoms with Gasteiger partial charge in [-0.2, -0.15) is 0 Å². The summed E-state index contributed by atoms with van der Waals surface area (Å²) in [7, 11) is 0. The number of hydrogen-bond acceptors (Lipinski definition) is 5. The molecule has 8 heteroatoms. The van der Waals surface area contributed by atoms with Gasteiger partial charge in [0.15, 0.2) is 11.6 Å². The maximum Gasteiger partial charge on any atom is 0.341 e. The fraction of sp³-hybridized carbons (Fsp3) is 0.444. The number of rotatable bonds is 3. The molecule has 0 bridgehead atoms. The van der Waals surface area contributed by atoms with Crippen molar-refractivity contribution in [2.75, 3.05) is 18.0 Å². The molecule has 0 spiro atoms. The van der Waals surface area contributed by atoms with Gasteiger partial charge in [-0.15, -0.1) is 0 Å². The quantitative estimate of drug-likeness (QED) is 0.768. The summed E-state index contributed by atoms with van der Waals surface area (Å²) in [6.07, 6.45) is 3.58. The molecule has 26 heavy (non-hydrogen) atoms. The maximum atomic E-state index is 15.1. The van der Waals surface area contributed by atoms with Gasteiger partial charge in [0.05, 0.1) is 10.9 Å². The number of hydrogen-bond donors (Lipinski definition) is 3. The summed E-state index contributed by atoms with van der Waals surface area (Å²) < 4.78 is 16.7. The second-order valence-electron chi connectivity index (χ2n) is 7.17. The van der Waals surface area contributed by atoms with E-state index in [0.717, 1.165) is 12.8 Å². The molecule has 2 fully saturated rings. The standard InChI is InChI=1S/C18H20FN3O4/c1-8-12-14(17(24)15(13(8)19)21-5-4-9(20)6-21)22(10-2-3-10)7-11(16(12)23)18(25)26/h7,9-10,24H,2-6,20H2,1H3,(H,25,26). The number of aromatic hydroxyl groups is 1. The molecule has 7 nitrogen and oxygen atoms in total. The molecule has 1 aromatic heterocycles. The Morgan fingerprint density at radius 3 is 2.58 bits per heavy atom. The Kier molecular flexibility index (Phi) is 3.69. The van der Waals surface area contributed by atoms with Gasteiger partial charge in [-0.05, 0) is 26.2 Å². The molecule has 1 aromatic carbocycles. The third kappa shape index (κ3) is 2.36. The number of anilines is 1. The van der Waals surface area contributed by atoms with Crippen molar-refractivity contribution in [3.05, 3.63) is 33.4 Å². The minimum Gasteiger partial charge on any atom is -0.504 e. The van der Waals surface area contributed by atoms with Crippen LogP contribution >= 0.6 is 0 Å². The van der Waals surface area contributed by atoms with E-state index in [1.54, 1.807) is 9.47 Å². The van der Waals surface area contributed by atoms with Gasteiger partial charge in [0, 0.05) is 36.9 Å². The monoisotopic (exact) mass is 361 g/mol. The van der Waals surface area contributed by atoms with Gasteiger partial charge >= 0.3 is 5.97 Å². The number of pyridine rings is 1. The number of benzene rings is 1. The van der Waals surface area contributed by atoms with Crippen molar-refractivity contribution in [3.63, 3.8) is 0 Å². The summed E-state index contributed by atoms with van der Waals surface area (Å²) in [5.41, 5.74) is 5.02. The highest BCUT2D eigenvalue weighted by Gasteiger charge is 2.33. The number of aryl methyl sites for hydroxylation is 1. The Bertz CT molecular complexity index is 997. The molecule has 1 saturated heterocycles. The molecule has 1 aliphatic carbocycles. The second-order valence-corrected chi connectivity index (χ2v) is 7.17. The lowest BCUT2D eigenvalue weighted by molar-refractivity contribution is 0.0695. The predicted molar refractivity (Wildman–Crippen MR) is 94.6 cm³/mol. The Balaban J connectivity index is 2.09. The normalized spacial score (nSPS) is 20.1. The Morgan fingerprint density at radius 1 is 1.35 bits per heavy atom. The van der Waals surface area contributed by atoms with Crippen LogP contribution in [-0.4, -0.2) is 39.9 Å². The largest absolute Gasteiger partial charge is 0.504 e. The van der Waals surface area contributed by atoms with E-state index in [2.05, 4.69) is 0 Å². The molecule has 2 aromatic rings. The highest BCUT2D eigenvalue weighted by atomic mass is 19.1. The van der Waals surface area contributed by atoms with Gasteiger partial charge in [-0.3, -0.25) is 4.79 Å². The zero-order chi connectivity index (χ0) is 18.7. The number of carboxylic acid groups (broad SMARTS) is 1. The lowest BCUT2D eigenvalue weighted by Gasteiger charge is -2.24. The van der Waals surface area contributed by atoms with E-state index in [1.807, 2.05) is 0 Å². The van der Waals surface area contributed by atoms with Crippen LogP contribution in [0, 0.1) is 12.7 Å². The molecule has 1 atom stereocenters. The van der Waals surface area contributed by atoms with Crippen LogP contribution in [0.2, 0.25) is 0 Å². The lowest BCUT2D eigenvalue weighted by atomic mass is 10.0. The van der Waals surface area contributed by atoms with Gasteiger partial charge in [0.25, 0.3) is 0 Å². The molecule has 2 heterocycles. The summed E-state index contributed by atoms with van der Waals surface area (Å²) >= 11 is 0. The van der Waals surface area contributed by atoms with E-state index < -0.39 is 22.8 Å². The van der Waals surface area contributed by atoms with E-state index in [9.17, 15) is 19.8 Å². The summed E-state index contributed by atoms with van der Waals surface area (Å²) in [6.45, 7) is 2.37. The van der Waals surface area contributed by atoms with Crippen molar-refractivity contribution in [1.82, 2.24) is 4.57 Å². The van der Waals surface area contributed by atoms with E-state index in [1.165, 1.54) is 13.1 Å². The number of carbonyl (C=O) groups is 1. The van der Waals surface area contributed by atoms with Gasteiger partial charge in [-0.25, -0.2) is 9.18 Å². The number of phenols is 1. The summed E-state index contributed by atoms with van der Waals surface area (Å²) in [4.78, 5) is 25.8. The van der Waals surface area contributed by atoms with Crippen molar-refractivity contribution in [3.8, 4) is 5.75 Å². The Hall–Kier alpha value is -2.61. The third-order valence-electron chi connectivity index (χ3n) is 5.31. The van der Waals surface area contributed by atoms with E-state index in [-0.39, 0.29) is 40.0 Å². The van der Waals surface area contributed by atoms with Gasteiger partial charge in [0.1, 0.15) is 11.3 Å². The van der Waals surface area contributed by atoms with Crippen molar-refractivity contribution >= 4 is 22.6 Å². The number of aromatic carboxylic acids is 1. The molecule has 1 aliphatic heterocycles. The molecule has 138 valence electrons. The molecule has 4 N–H and O–H groups in total. The van der Waals surface area contributed by atoms with Crippen LogP contribution in [0.4, 0.5) is 10.1 Å². The van der Waals surface area contributed by atoms with Crippen LogP contribution in [0.5, 0.6) is 5.75 Å². The predicted octanol–water partition coefficient (Wildman–Crippen LogP) is 1.73. The topological polar surface area (TPSA) is 109 Å². The number of aromatic nitrogens is 1. The molecular formula is C18H20FN3O4. The third-order valence-corrected chi connectivity index (χ3v) is 5.31. The van der Waals surface area contributed by atoms with Crippen LogP contribution in [-0.2, 0) is 0 Å². The Labute approximate surface area is 148 Å². The molecule has 1 unspecified atom stereocenters. The molecule has 0 radical (unpaired) electrons. The first-order valence-electron chi connectivity index (χ1n) is 8.65.